The van der Waals surface area contributed by atoms with Crippen molar-refractivity contribution in [3.05, 3.63) is 18.5 Å². The first-order valence-corrected chi connectivity index (χ1v) is 9.99. The van der Waals surface area contributed by atoms with Gasteiger partial charge in [-0.1, -0.05) is 17.8 Å². The molecule has 5 rings (SSSR count). The van der Waals surface area contributed by atoms with Crippen molar-refractivity contribution in [3.8, 4) is 0 Å². The van der Waals surface area contributed by atoms with Crippen LogP contribution in [0, 0.1) is 23.2 Å². The number of primary amides is 1. The molecule has 0 saturated heterocycles. The lowest BCUT2D eigenvalue weighted by Gasteiger charge is -2.56. The van der Waals surface area contributed by atoms with Gasteiger partial charge in [0.2, 0.25) is 5.91 Å². The number of hydrogen-bond acceptors (Lipinski definition) is 4. The molecule has 0 atom stereocenters. The van der Waals surface area contributed by atoms with Crippen LogP contribution in [0.15, 0.2) is 17.8 Å². The zero-order valence-corrected chi connectivity index (χ0v) is 14.9. The van der Waals surface area contributed by atoms with E-state index in [1.54, 1.807) is 0 Å². The van der Waals surface area contributed by atoms with Gasteiger partial charge in [0.25, 0.3) is 0 Å². The van der Waals surface area contributed by atoms with Crippen LogP contribution in [-0.2, 0) is 17.8 Å². The fourth-order valence-corrected chi connectivity index (χ4v) is 6.55. The minimum atomic E-state index is -0.323. The third-order valence-electron chi connectivity index (χ3n) is 6.15. The number of rotatable bonds is 7. The molecule has 5 nitrogen and oxygen atoms in total. The van der Waals surface area contributed by atoms with Gasteiger partial charge in [-0.25, -0.2) is 0 Å². The smallest absolute Gasteiger partial charge is 0.227 e. The Morgan fingerprint density at radius 3 is 2.42 bits per heavy atom. The van der Waals surface area contributed by atoms with Crippen molar-refractivity contribution in [1.29, 1.82) is 0 Å². The Morgan fingerprint density at radius 1 is 1.25 bits per heavy atom. The maximum atomic E-state index is 11.1. The molecule has 24 heavy (non-hydrogen) atoms. The molecule has 1 aromatic heterocycles. The topological polar surface area (TPSA) is 73.8 Å². The molecule has 0 aliphatic heterocycles. The lowest BCUT2D eigenvalue weighted by Crippen LogP contribution is -2.47. The molecule has 1 heterocycles. The number of carbonyl (C=O) groups is 1. The summed E-state index contributed by atoms with van der Waals surface area (Å²) >= 11 is 1.38. The zero-order chi connectivity index (χ0) is 16.7. The molecule has 2 N–H and O–H groups in total. The Kier molecular flexibility index (Phi) is 4.19. The first-order chi connectivity index (χ1) is 11.6. The van der Waals surface area contributed by atoms with Crippen molar-refractivity contribution >= 4 is 17.7 Å². The third kappa shape index (κ3) is 3.01. The van der Waals surface area contributed by atoms with E-state index in [-0.39, 0.29) is 11.7 Å². The summed E-state index contributed by atoms with van der Waals surface area (Å²) in [7, 11) is 0. The number of thioether (sulfide) groups is 1. The molecule has 130 valence electrons. The molecule has 1 amide bonds. The van der Waals surface area contributed by atoms with Crippen LogP contribution in [0.1, 0.15) is 44.3 Å². The number of hydrogen-bond donors (Lipinski definition) is 1. The van der Waals surface area contributed by atoms with Crippen LogP contribution < -0.4 is 5.73 Å². The van der Waals surface area contributed by atoms with Gasteiger partial charge in [-0.3, -0.25) is 4.79 Å². The summed E-state index contributed by atoms with van der Waals surface area (Å²) in [5.41, 5.74) is 5.71. The van der Waals surface area contributed by atoms with Crippen LogP contribution in [0.25, 0.3) is 0 Å². The SMILES string of the molecule is C=CCn1c(CC23CC4CC(CC(C4)C2)C3)nnc1SCC(N)=O. The first-order valence-electron chi connectivity index (χ1n) is 9.01. The highest BCUT2D eigenvalue weighted by Gasteiger charge is 2.51. The van der Waals surface area contributed by atoms with Crippen LogP contribution >= 0.6 is 11.8 Å². The molecule has 6 heteroatoms. The van der Waals surface area contributed by atoms with E-state index >= 15 is 0 Å². The number of aromatic nitrogens is 3. The molecular formula is C18H26N4OS. The fourth-order valence-electron chi connectivity index (χ4n) is 5.85. The predicted molar refractivity (Wildman–Crippen MR) is 94.4 cm³/mol. The van der Waals surface area contributed by atoms with E-state index in [4.69, 9.17) is 5.73 Å². The van der Waals surface area contributed by atoms with Gasteiger partial charge in [-0.15, -0.1) is 16.8 Å². The minimum Gasteiger partial charge on any atom is -0.369 e. The van der Waals surface area contributed by atoms with Crippen molar-refractivity contribution in [2.45, 2.75) is 56.6 Å². The quantitative estimate of drug-likeness (QED) is 0.608. The second-order valence-corrected chi connectivity index (χ2v) is 9.09. The van der Waals surface area contributed by atoms with Crippen molar-refractivity contribution in [3.63, 3.8) is 0 Å². The molecular weight excluding hydrogens is 320 g/mol. The maximum Gasteiger partial charge on any atom is 0.227 e. The summed E-state index contributed by atoms with van der Waals surface area (Å²) < 4.78 is 2.12. The van der Waals surface area contributed by atoms with E-state index in [9.17, 15) is 4.79 Å². The van der Waals surface area contributed by atoms with Gasteiger partial charge >= 0.3 is 0 Å². The highest BCUT2D eigenvalue weighted by molar-refractivity contribution is 7.99. The molecule has 4 fully saturated rings. The highest BCUT2D eigenvalue weighted by atomic mass is 32.2. The van der Waals surface area contributed by atoms with Gasteiger partial charge in [0.15, 0.2) is 5.16 Å². The Bertz CT molecular complexity index is 618. The Balaban J connectivity index is 1.55. The minimum absolute atomic E-state index is 0.243. The Hall–Kier alpha value is -1.30. The summed E-state index contributed by atoms with van der Waals surface area (Å²) in [6.07, 6.45) is 11.4. The summed E-state index contributed by atoms with van der Waals surface area (Å²) in [6.45, 7) is 4.55. The average molecular weight is 347 g/mol. The molecule has 4 aliphatic carbocycles. The fraction of sp³-hybridized carbons (Fsp3) is 0.722. The molecule has 1 aromatic rings. The molecule has 0 spiro atoms. The lowest BCUT2D eigenvalue weighted by atomic mass is 9.49. The van der Waals surface area contributed by atoms with Gasteiger partial charge in [0.05, 0.1) is 5.75 Å². The van der Waals surface area contributed by atoms with Crippen molar-refractivity contribution in [1.82, 2.24) is 14.8 Å². The normalized spacial score (nSPS) is 33.8. The van der Waals surface area contributed by atoms with Crippen molar-refractivity contribution < 1.29 is 4.79 Å². The number of carbonyl (C=O) groups excluding carboxylic acids is 1. The number of allylic oxidation sites excluding steroid dienone is 1. The summed E-state index contributed by atoms with van der Waals surface area (Å²) in [5, 5.41) is 9.59. The van der Waals surface area contributed by atoms with Crippen LogP contribution in [0.5, 0.6) is 0 Å². The van der Waals surface area contributed by atoms with E-state index in [1.165, 1.54) is 50.3 Å². The van der Waals surface area contributed by atoms with Gasteiger partial charge in [0, 0.05) is 13.0 Å². The van der Waals surface area contributed by atoms with E-state index in [2.05, 4.69) is 21.3 Å². The number of nitrogens with zero attached hydrogens (tertiary/aromatic N) is 3. The number of nitrogens with two attached hydrogens (primary N) is 1. The zero-order valence-electron chi connectivity index (χ0n) is 14.1. The summed E-state index contributed by atoms with van der Waals surface area (Å²) in [4.78, 5) is 11.1. The Morgan fingerprint density at radius 2 is 1.88 bits per heavy atom. The molecule has 4 saturated carbocycles. The van der Waals surface area contributed by atoms with Crippen LogP contribution in [-0.4, -0.2) is 26.4 Å². The van der Waals surface area contributed by atoms with E-state index in [1.807, 2.05) is 6.08 Å². The van der Waals surface area contributed by atoms with Crippen LogP contribution in [0.4, 0.5) is 0 Å². The van der Waals surface area contributed by atoms with E-state index in [0.717, 1.165) is 35.2 Å². The summed E-state index contributed by atoms with van der Waals surface area (Å²) in [5.74, 6) is 3.80. The van der Waals surface area contributed by atoms with Gasteiger partial charge in [-0.05, 0) is 61.7 Å². The van der Waals surface area contributed by atoms with E-state index in [0.29, 0.717) is 12.0 Å². The molecule has 0 unspecified atom stereocenters. The van der Waals surface area contributed by atoms with Crippen LogP contribution in [0.3, 0.4) is 0 Å². The lowest BCUT2D eigenvalue weighted by molar-refractivity contribution is -0.115. The largest absolute Gasteiger partial charge is 0.369 e. The van der Waals surface area contributed by atoms with Crippen molar-refractivity contribution in [2.24, 2.45) is 28.9 Å². The van der Waals surface area contributed by atoms with Gasteiger partial charge in [-0.2, -0.15) is 0 Å². The first kappa shape index (κ1) is 16.2. The Labute approximate surface area is 147 Å². The second kappa shape index (κ2) is 6.21. The second-order valence-electron chi connectivity index (χ2n) is 8.15. The van der Waals surface area contributed by atoms with E-state index < -0.39 is 0 Å². The monoisotopic (exact) mass is 346 g/mol. The van der Waals surface area contributed by atoms with Gasteiger partial charge in [0.1, 0.15) is 5.82 Å². The third-order valence-corrected chi connectivity index (χ3v) is 7.14. The van der Waals surface area contributed by atoms with Gasteiger partial charge < -0.3 is 10.3 Å². The van der Waals surface area contributed by atoms with Crippen LogP contribution in [0.2, 0.25) is 0 Å². The highest BCUT2D eigenvalue weighted by Crippen LogP contribution is 2.60. The predicted octanol–water partition coefficient (Wildman–Crippen LogP) is 2.80. The standard InChI is InChI=1S/C18H26N4OS/c1-2-3-22-16(20-21-17(22)24-11-15(19)23)10-18-7-12-4-13(8-18)6-14(5-12)9-18/h2,12-14H,1,3-11H2,(H2,19,23). The molecule has 4 bridgehead atoms. The maximum absolute atomic E-state index is 11.1. The summed E-state index contributed by atoms with van der Waals surface area (Å²) in [6, 6.07) is 0. The molecule has 0 aromatic carbocycles. The number of amides is 1. The molecule has 4 aliphatic rings. The average Bonchev–Trinajstić information content (AvgIpc) is 2.86. The molecule has 0 radical (unpaired) electrons. The van der Waals surface area contributed by atoms with Crippen molar-refractivity contribution in [2.75, 3.05) is 5.75 Å².